The molecule has 3 rings (SSSR count). The first-order valence-corrected chi connectivity index (χ1v) is 12.4. The molecule has 1 heterocycles. The summed E-state index contributed by atoms with van der Waals surface area (Å²) in [5, 5.41) is 11.3. The van der Waals surface area contributed by atoms with E-state index in [2.05, 4.69) is 0 Å². The van der Waals surface area contributed by atoms with Crippen molar-refractivity contribution in [2.45, 2.75) is 39.7 Å². The highest BCUT2D eigenvalue weighted by atomic mass is 16.5. The van der Waals surface area contributed by atoms with Crippen molar-refractivity contribution in [2.24, 2.45) is 0 Å². The van der Waals surface area contributed by atoms with Gasteiger partial charge in [0, 0.05) is 25.8 Å². The van der Waals surface area contributed by atoms with Crippen molar-refractivity contribution in [1.82, 2.24) is 4.90 Å². The van der Waals surface area contributed by atoms with Gasteiger partial charge in [-0.15, -0.1) is 0 Å². The Hall–Kier alpha value is -3.52. The Morgan fingerprint density at radius 1 is 0.917 bits per heavy atom. The fourth-order valence-electron chi connectivity index (χ4n) is 4.16. The van der Waals surface area contributed by atoms with Gasteiger partial charge < -0.3 is 29.0 Å². The van der Waals surface area contributed by atoms with Crippen molar-refractivity contribution in [1.29, 1.82) is 0 Å². The molecule has 194 valence electrons. The van der Waals surface area contributed by atoms with Crippen LogP contribution in [0.25, 0.3) is 5.76 Å². The van der Waals surface area contributed by atoms with Crippen LogP contribution in [0.2, 0.25) is 0 Å². The largest absolute Gasteiger partial charge is 0.507 e. The second kappa shape index (κ2) is 13.0. The Morgan fingerprint density at radius 3 is 2.28 bits per heavy atom. The van der Waals surface area contributed by atoms with Crippen molar-refractivity contribution in [3.8, 4) is 17.2 Å². The summed E-state index contributed by atoms with van der Waals surface area (Å²) in [5.41, 5.74) is 1.10. The second-order valence-corrected chi connectivity index (χ2v) is 8.28. The molecule has 0 saturated carbocycles. The summed E-state index contributed by atoms with van der Waals surface area (Å²) in [5.74, 6) is 0.132. The van der Waals surface area contributed by atoms with E-state index in [-0.39, 0.29) is 11.3 Å². The number of aliphatic hydroxyl groups is 1. The van der Waals surface area contributed by atoms with Gasteiger partial charge in [-0.05, 0) is 68.7 Å². The standard InChI is InChI=1S/C28H35NO7/c1-5-16-36-22-14-11-20(18-23(22)35-7-3)25-24(27(31)28(32)29(25)15-8-17-33-4)26(30)19-9-12-21(13-10-19)34-6-2/h9-14,18,25,30H,5-8,15-17H2,1-4H3. The summed E-state index contributed by atoms with van der Waals surface area (Å²) >= 11 is 0. The fourth-order valence-corrected chi connectivity index (χ4v) is 4.16. The van der Waals surface area contributed by atoms with Crippen molar-refractivity contribution < 1.29 is 33.6 Å². The zero-order valence-electron chi connectivity index (χ0n) is 21.4. The van der Waals surface area contributed by atoms with Gasteiger partial charge in [0.25, 0.3) is 11.7 Å². The first kappa shape index (κ1) is 27.1. The van der Waals surface area contributed by atoms with E-state index in [1.165, 1.54) is 4.90 Å². The van der Waals surface area contributed by atoms with E-state index in [0.29, 0.717) is 67.8 Å². The van der Waals surface area contributed by atoms with E-state index in [0.717, 1.165) is 6.42 Å². The number of ketones is 1. The first-order chi connectivity index (χ1) is 17.5. The fraction of sp³-hybridized carbons (Fsp3) is 0.429. The molecule has 1 saturated heterocycles. The lowest BCUT2D eigenvalue weighted by molar-refractivity contribution is -0.140. The normalized spacial score (nSPS) is 16.9. The van der Waals surface area contributed by atoms with Crippen LogP contribution in [-0.4, -0.2) is 61.8 Å². The van der Waals surface area contributed by atoms with Gasteiger partial charge in [-0.2, -0.15) is 0 Å². The molecular formula is C28H35NO7. The number of rotatable bonds is 13. The Bertz CT molecular complexity index is 1080. The van der Waals surface area contributed by atoms with E-state index < -0.39 is 17.7 Å². The smallest absolute Gasteiger partial charge is 0.295 e. The summed E-state index contributed by atoms with van der Waals surface area (Å²) in [6.07, 6.45) is 1.38. The summed E-state index contributed by atoms with van der Waals surface area (Å²) in [4.78, 5) is 27.8. The van der Waals surface area contributed by atoms with Crippen LogP contribution in [0.3, 0.4) is 0 Å². The number of benzene rings is 2. The molecule has 1 aliphatic heterocycles. The molecule has 1 unspecified atom stereocenters. The monoisotopic (exact) mass is 497 g/mol. The molecule has 36 heavy (non-hydrogen) atoms. The third-order valence-corrected chi connectivity index (χ3v) is 5.77. The first-order valence-electron chi connectivity index (χ1n) is 12.4. The van der Waals surface area contributed by atoms with Crippen LogP contribution in [0.1, 0.15) is 50.8 Å². The molecule has 0 aliphatic carbocycles. The number of carbonyl (C=O) groups excluding carboxylic acids is 2. The predicted octanol–water partition coefficient (Wildman–Crippen LogP) is 4.73. The van der Waals surface area contributed by atoms with E-state index >= 15 is 0 Å². The lowest BCUT2D eigenvalue weighted by Crippen LogP contribution is -2.31. The van der Waals surface area contributed by atoms with Gasteiger partial charge in [0.1, 0.15) is 11.5 Å². The minimum absolute atomic E-state index is 0.0336. The van der Waals surface area contributed by atoms with Crippen LogP contribution in [0.4, 0.5) is 0 Å². The molecule has 8 heteroatoms. The summed E-state index contributed by atoms with van der Waals surface area (Å²) in [7, 11) is 1.58. The molecular weight excluding hydrogens is 462 g/mol. The van der Waals surface area contributed by atoms with Crippen molar-refractivity contribution >= 4 is 17.4 Å². The molecule has 0 aromatic heterocycles. The second-order valence-electron chi connectivity index (χ2n) is 8.28. The molecule has 1 atom stereocenters. The maximum Gasteiger partial charge on any atom is 0.295 e. The number of hydrogen-bond acceptors (Lipinski definition) is 7. The summed E-state index contributed by atoms with van der Waals surface area (Å²) in [6, 6.07) is 11.4. The average molecular weight is 498 g/mol. The number of carbonyl (C=O) groups is 2. The van der Waals surface area contributed by atoms with Crippen LogP contribution in [0.5, 0.6) is 17.2 Å². The number of amides is 1. The molecule has 2 aromatic rings. The van der Waals surface area contributed by atoms with E-state index in [1.807, 2.05) is 20.8 Å². The van der Waals surface area contributed by atoms with Crippen LogP contribution in [0.15, 0.2) is 48.0 Å². The van der Waals surface area contributed by atoms with Crippen LogP contribution in [-0.2, 0) is 14.3 Å². The van der Waals surface area contributed by atoms with Gasteiger partial charge in [0.2, 0.25) is 0 Å². The Kier molecular flexibility index (Phi) is 9.76. The number of ether oxygens (including phenoxy) is 4. The Morgan fingerprint density at radius 2 is 1.64 bits per heavy atom. The molecule has 2 aromatic carbocycles. The molecule has 0 spiro atoms. The minimum atomic E-state index is -0.784. The number of methoxy groups -OCH3 is 1. The summed E-state index contributed by atoms with van der Waals surface area (Å²) in [6.45, 7) is 7.97. The number of Topliss-reactive ketones (excluding diaryl/α,β-unsaturated/α-hetero) is 1. The van der Waals surface area contributed by atoms with Gasteiger partial charge in [-0.1, -0.05) is 13.0 Å². The quantitative estimate of drug-likeness (QED) is 0.185. The van der Waals surface area contributed by atoms with E-state index in [4.69, 9.17) is 18.9 Å². The van der Waals surface area contributed by atoms with Crippen LogP contribution < -0.4 is 14.2 Å². The molecule has 8 nitrogen and oxygen atoms in total. The zero-order chi connectivity index (χ0) is 26.1. The van der Waals surface area contributed by atoms with Gasteiger partial charge >= 0.3 is 0 Å². The lowest BCUT2D eigenvalue weighted by atomic mass is 9.95. The van der Waals surface area contributed by atoms with Crippen LogP contribution in [0, 0.1) is 0 Å². The average Bonchev–Trinajstić information content (AvgIpc) is 3.13. The maximum atomic E-state index is 13.2. The van der Waals surface area contributed by atoms with Crippen molar-refractivity contribution in [3.63, 3.8) is 0 Å². The predicted molar refractivity (Wildman–Crippen MR) is 137 cm³/mol. The molecule has 0 radical (unpaired) electrons. The van der Waals surface area contributed by atoms with Crippen molar-refractivity contribution in [2.75, 3.05) is 40.1 Å². The molecule has 1 fully saturated rings. The lowest BCUT2D eigenvalue weighted by Gasteiger charge is -2.26. The SMILES string of the molecule is CCCOc1ccc(C2C(=C(O)c3ccc(OCC)cc3)C(=O)C(=O)N2CCCOC)cc1OCC. The molecule has 1 amide bonds. The highest BCUT2D eigenvalue weighted by Gasteiger charge is 2.46. The highest BCUT2D eigenvalue weighted by molar-refractivity contribution is 6.46. The van der Waals surface area contributed by atoms with Crippen molar-refractivity contribution in [3.05, 3.63) is 59.2 Å². The Balaban J connectivity index is 2.11. The molecule has 0 bridgehead atoms. The highest BCUT2D eigenvalue weighted by Crippen LogP contribution is 2.42. The topological polar surface area (TPSA) is 94.5 Å². The maximum absolute atomic E-state index is 13.2. The van der Waals surface area contributed by atoms with Gasteiger partial charge in [-0.25, -0.2) is 0 Å². The summed E-state index contributed by atoms with van der Waals surface area (Å²) < 4.78 is 22.3. The van der Waals surface area contributed by atoms with Crippen LogP contribution >= 0.6 is 0 Å². The van der Waals surface area contributed by atoms with E-state index in [1.54, 1.807) is 49.6 Å². The number of likely N-dealkylation sites (tertiary alicyclic amines) is 1. The third kappa shape index (κ3) is 5.99. The molecule has 1 aliphatic rings. The number of aliphatic hydroxyl groups excluding tert-OH is 1. The minimum Gasteiger partial charge on any atom is -0.507 e. The van der Waals surface area contributed by atoms with Gasteiger partial charge in [0.05, 0.1) is 31.4 Å². The number of hydrogen-bond donors (Lipinski definition) is 1. The zero-order valence-corrected chi connectivity index (χ0v) is 21.4. The Labute approximate surface area is 212 Å². The number of nitrogens with zero attached hydrogens (tertiary/aromatic N) is 1. The van der Waals surface area contributed by atoms with Gasteiger partial charge in [-0.3, -0.25) is 9.59 Å². The van der Waals surface area contributed by atoms with E-state index in [9.17, 15) is 14.7 Å². The van der Waals surface area contributed by atoms with Gasteiger partial charge in [0.15, 0.2) is 11.5 Å². The molecule has 1 N–H and O–H groups in total. The third-order valence-electron chi connectivity index (χ3n) is 5.77.